The van der Waals surface area contributed by atoms with Crippen molar-refractivity contribution < 1.29 is 9.53 Å². The van der Waals surface area contributed by atoms with Crippen LogP contribution in [0.2, 0.25) is 0 Å². The summed E-state index contributed by atoms with van der Waals surface area (Å²) in [6, 6.07) is 9.86. The van der Waals surface area contributed by atoms with Gasteiger partial charge in [-0.1, -0.05) is 37.3 Å². The molecule has 1 atom stereocenters. The normalized spacial score (nSPS) is 16.2. The Hall–Kier alpha value is -2.67. The molecule has 120 valence electrons. The van der Waals surface area contributed by atoms with Crippen LogP contribution in [0.3, 0.4) is 0 Å². The summed E-state index contributed by atoms with van der Waals surface area (Å²) in [7, 11) is 0. The summed E-state index contributed by atoms with van der Waals surface area (Å²) in [5.74, 6) is 0.894. The highest BCUT2D eigenvalue weighted by atomic mass is 16.5. The van der Waals surface area contributed by atoms with Crippen LogP contribution < -0.4 is 10.6 Å². The SMILES string of the molecule is CCCC(=O)NC1=NC(OCc2ccccc2)c2[nH]cnc2N1. The van der Waals surface area contributed by atoms with E-state index in [0.717, 1.165) is 17.7 Å². The predicted octanol–water partition coefficient (Wildman–Crippen LogP) is 2.32. The molecule has 0 aliphatic carbocycles. The first-order chi connectivity index (χ1) is 11.3. The molecule has 0 saturated heterocycles. The van der Waals surface area contributed by atoms with E-state index in [4.69, 9.17) is 4.74 Å². The van der Waals surface area contributed by atoms with Crippen LogP contribution in [-0.4, -0.2) is 21.8 Å². The van der Waals surface area contributed by atoms with E-state index >= 15 is 0 Å². The van der Waals surface area contributed by atoms with Gasteiger partial charge >= 0.3 is 0 Å². The molecule has 7 nitrogen and oxygen atoms in total. The standard InChI is InChI=1S/C16H19N5O2/c1-2-6-12(22)19-16-20-14-13(17-10-18-14)15(21-16)23-9-11-7-4-3-5-8-11/h3-5,7-8,10,15H,2,6,9H2,1H3,(H,17,18)(H2,19,20,21,22). The number of fused-ring (bicyclic) bond motifs is 1. The van der Waals surface area contributed by atoms with Crippen molar-refractivity contribution in [3.8, 4) is 0 Å². The molecule has 1 aromatic carbocycles. The Balaban J connectivity index is 1.71. The van der Waals surface area contributed by atoms with Gasteiger partial charge in [-0.25, -0.2) is 9.98 Å². The molecule has 23 heavy (non-hydrogen) atoms. The summed E-state index contributed by atoms with van der Waals surface area (Å²) in [5, 5.41) is 5.73. The maximum atomic E-state index is 11.7. The van der Waals surface area contributed by atoms with Gasteiger partial charge in [0.2, 0.25) is 11.9 Å². The van der Waals surface area contributed by atoms with Crippen LogP contribution in [0.15, 0.2) is 41.7 Å². The summed E-state index contributed by atoms with van der Waals surface area (Å²) in [6.45, 7) is 2.37. The third-order valence-corrected chi connectivity index (χ3v) is 3.38. The van der Waals surface area contributed by atoms with E-state index in [1.807, 2.05) is 37.3 Å². The maximum Gasteiger partial charge on any atom is 0.226 e. The van der Waals surface area contributed by atoms with Gasteiger partial charge in [-0.2, -0.15) is 0 Å². The third kappa shape index (κ3) is 3.75. The molecule has 7 heteroatoms. The summed E-state index contributed by atoms with van der Waals surface area (Å²) >= 11 is 0. The van der Waals surface area contributed by atoms with Crippen LogP contribution in [0, 0.1) is 0 Å². The molecule has 1 aliphatic heterocycles. The minimum Gasteiger partial charge on any atom is -0.346 e. The number of H-pyrrole nitrogens is 1. The highest BCUT2D eigenvalue weighted by Gasteiger charge is 2.25. The number of nitrogens with zero attached hydrogens (tertiary/aromatic N) is 2. The second-order valence-electron chi connectivity index (χ2n) is 5.21. The molecule has 0 radical (unpaired) electrons. The van der Waals surface area contributed by atoms with E-state index in [1.165, 1.54) is 0 Å². The van der Waals surface area contributed by atoms with Gasteiger partial charge in [0.1, 0.15) is 5.69 Å². The quantitative estimate of drug-likeness (QED) is 0.790. The van der Waals surface area contributed by atoms with Crippen molar-refractivity contribution in [1.82, 2.24) is 15.3 Å². The molecule has 2 aromatic rings. The Morgan fingerprint density at radius 3 is 2.96 bits per heavy atom. The zero-order chi connectivity index (χ0) is 16.1. The first-order valence-electron chi connectivity index (χ1n) is 7.59. The lowest BCUT2D eigenvalue weighted by Gasteiger charge is -2.21. The second kappa shape index (κ2) is 7.06. The van der Waals surface area contributed by atoms with Crippen LogP contribution in [0.5, 0.6) is 0 Å². The molecule has 0 bridgehead atoms. The summed E-state index contributed by atoms with van der Waals surface area (Å²) in [4.78, 5) is 23.4. The highest BCUT2D eigenvalue weighted by Crippen LogP contribution is 2.28. The molecule has 2 heterocycles. The average molecular weight is 313 g/mol. The Morgan fingerprint density at radius 2 is 2.17 bits per heavy atom. The number of anilines is 1. The Kier molecular flexibility index (Phi) is 4.68. The van der Waals surface area contributed by atoms with Gasteiger partial charge in [0, 0.05) is 6.42 Å². The van der Waals surface area contributed by atoms with E-state index < -0.39 is 6.23 Å². The van der Waals surface area contributed by atoms with E-state index in [9.17, 15) is 4.79 Å². The van der Waals surface area contributed by atoms with Crippen LogP contribution in [0.25, 0.3) is 0 Å². The topological polar surface area (TPSA) is 91.4 Å². The Morgan fingerprint density at radius 1 is 1.35 bits per heavy atom. The molecule has 1 aliphatic rings. The fraction of sp³-hybridized carbons (Fsp3) is 0.312. The van der Waals surface area contributed by atoms with Crippen molar-refractivity contribution in [3.63, 3.8) is 0 Å². The Bertz CT molecular complexity index is 696. The van der Waals surface area contributed by atoms with Crippen molar-refractivity contribution >= 4 is 17.7 Å². The summed E-state index contributed by atoms with van der Waals surface area (Å²) in [5.41, 5.74) is 1.80. The van der Waals surface area contributed by atoms with Gasteiger partial charge in [-0.15, -0.1) is 0 Å². The second-order valence-corrected chi connectivity index (χ2v) is 5.21. The average Bonchev–Trinajstić information content (AvgIpc) is 3.02. The number of hydrogen-bond donors (Lipinski definition) is 3. The number of carbonyl (C=O) groups is 1. The van der Waals surface area contributed by atoms with Crippen LogP contribution >= 0.6 is 0 Å². The molecule has 0 saturated carbocycles. The number of rotatable bonds is 5. The molecule has 0 fully saturated rings. The monoisotopic (exact) mass is 313 g/mol. The number of carbonyl (C=O) groups excluding carboxylic acids is 1. The number of benzene rings is 1. The van der Waals surface area contributed by atoms with Gasteiger partial charge < -0.3 is 15.0 Å². The first-order valence-corrected chi connectivity index (χ1v) is 7.59. The smallest absolute Gasteiger partial charge is 0.226 e. The molecule has 3 rings (SSSR count). The molecular formula is C16H19N5O2. The van der Waals surface area contributed by atoms with Crippen molar-refractivity contribution in [3.05, 3.63) is 47.9 Å². The van der Waals surface area contributed by atoms with E-state index in [0.29, 0.717) is 24.8 Å². The molecule has 3 N–H and O–H groups in total. The van der Waals surface area contributed by atoms with E-state index in [-0.39, 0.29) is 5.91 Å². The van der Waals surface area contributed by atoms with E-state index in [2.05, 4.69) is 25.6 Å². The lowest BCUT2D eigenvalue weighted by molar-refractivity contribution is -0.119. The van der Waals surface area contributed by atoms with Gasteiger partial charge in [0.25, 0.3) is 0 Å². The maximum absolute atomic E-state index is 11.7. The molecular weight excluding hydrogens is 294 g/mol. The minimum absolute atomic E-state index is 0.0838. The van der Waals surface area contributed by atoms with Crippen molar-refractivity contribution in [2.24, 2.45) is 4.99 Å². The van der Waals surface area contributed by atoms with Gasteiger partial charge in [-0.05, 0) is 12.0 Å². The minimum atomic E-state index is -0.536. The van der Waals surface area contributed by atoms with Gasteiger partial charge in [-0.3, -0.25) is 10.1 Å². The zero-order valence-electron chi connectivity index (χ0n) is 12.9. The van der Waals surface area contributed by atoms with Crippen LogP contribution in [0.1, 0.15) is 37.3 Å². The van der Waals surface area contributed by atoms with Crippen LogP contribution in [-0.2, 0) is 16.1 Å². The number of aromatic amines is 1. The van der Waals surface area contributed by atoms with Crippen molar-refractivity contribution in [2.75, 3.05) is 5.32 Å². The number of hydrogen-bond acceptors (Lipinski definition) is 5. The lowest BCUT2D eigenvalue weighted by Crippen LogP contribution is -2.38. The predicted molar refractivity (Wildman–Crippen MR) is 86.7 cm³/mol. The fourth-order valence-electron chi connectivity index (χ4n) is 2.27. The van der Waals surface area contributed by atoms with E-state index in [1.54, 1.807) is 6.33 Å². The summed E-state index contributed by atoms with van der Waals surface area (Å²) in [6.07, 6.45) is 2.26. The lowest BCUT2D eigenvalue weighted by atomic mass is 10.2. The molecule has 1 amide bonds. The largest absolute Gasteiger partial charge is 0.346 e. The van der Waals surface area contributed by atoms with Crippen LogP contribution in [0.4, 0.5) is 5.82 Å². The van der Waals surface area contributed by atoms with Crippen molar-refractivity contribution in [1.29, 1.82) is 0 Å². The summed E-state index contributed by atoms with van der Waals surface area (Å²) < 4.78 is 5.88. The van der Waals surface area contributed by atoms with Gasteiger partial charge in [0.15, 0.2) is 12.0 Å². The number of guanidine groups is 1. The number of aromatic nitrogens is 2. The Labute approximate surface area is 134 Å². The number of aliphatic imine (C=N–C) groups is 1. The highest BCUT2D eigenvalue weighted by molar-refractivity contribution is 6.04. The van der Waals surface area contributed by atoms with Gasteiger partial charge in [0.05, 0.1) is 12.9 Å². The number of amides is 1. The number of ether oxygens (including phenoxy) is 1. The number of nitrogens with one attached hydrogen (secondary N) is 3. The number of imidazole rings is 1. The zero-order valence-corrected chi connectivity index (χ0v) is 12.9. The fourth-order valence-corrected chi connectivity index (χ4v) is 2.27. The molecule has 1 aromatic heterocycles. The first kappa shape index (κ1) is 15.2. The van der Waals surface area contributed by atoms with Crippen molar-refractivity contribution in [2.45, 2.75) is 32.6 Å². The molecule has 1 unspecified atom stereocenters. The molecule has 0 spiro atoms. The third-order valence-electron chi connectivity index (χ3n) is 3.38.